The zero-order valence-electron chi connectivity index (χ0n) is 15.2. The monoisotopic (exact) mass is 333 g/mol. The van der Waals surface area contributed by atoms with E-state index in [0.717, 1.165) is 23.9 Å². The van der Waals surface area contributed by atoms with Crippen molar-refractivity contribution in [2.45, 2.75) is 59.0 Å². The number of hydrogen-bond acceptors (Lipinski definition) is 2. The Bertz CT molecular complexity index is 535. The number of nitrogens with one attached hydrogen (secondary N) is 1. The first-order valence-corrected chi connectivity index (χ1v) is 9.19. The Kier molecular flexibility index (Phi) is 6.42. The van der Waals surface area contributed by atoms with Gasteiger partial charge in [-0.05, 0) is 76.5 Å². The van der Waals surface area contributed by atoms with E-state index in [1.165, 1.54) is 30.4 Å². The van der Waals surface area contributed by atoms with E-state index in [1.54, 1.807) is 0 Å². The van der Waals surface area contributed by atoms with Crippen LogP contribution < -0.4 is 5.32 Å². The summed E-state index contributed by atoms with van der Waals surface area (Å²) in [5.41, 5.74) is 3.71. The maximum Gasteiger partial charge on any atom is 0.173 e. The van der Waals surface area contributed by atoms with Crippen molar-refractivity contribution < 1.29 is 0 Å². The molecule has 1 aliphatic heterocycles. The number of aryl methyl sites for hydroxylation is 1. The highest BCUT2D eigenvalue weighted by molar-refractivity contribution is 7.80. The molecule has 1 atom stereocenters. The molecule has 0 radical (unpaired) electrons. The molecule has 1 aliphatic rings. The number of benzene rings is 1. The van der Waals surface area contributed by atoms with Gasteiger partial charge in [-0.25, -0.2) is 0 Å². The number of piperidine rings is 1. The molecule has 1 aromatic rings. The molecular formula is C19H31N3S. The second-order valence-electron chi connectivity index (χ2n) is 6.82. The van der Waals surface area contributed by atoms with Crippen LogP contribution in [0.5, 0.6) is 0 Å². The van der Waals surface area contributed by atoms with E-state index in [2.05, 4.69) is 68.1 Å². The molecule has 1 fully saturated rings. The van der Waals surface area contributed by atoms with Gasteiger partial charge in [0.15, 0.2) is 5.11 Å². The van der Waals surface area contributed by atoms with Crippen LogP contribution in [-0.4, -0.2) is 47.1 Å². The second kappa shape index (κ2) is 8.11. The Morgan fingerprint density at radius 2 is 2.00 bits per heavy atom. The molecule has 0 saturated carbocycles. The smallest absolute Gasteiger partial charge is 0.173 e. The average Bonchev–Trinajstić information content (AvgIpc) is 2.57. The van der Waals surface area contributed by atoms with Crippen molar-refractivity contribution in [2.75, 3.05) is 25.5 Å². The summed E-state index contributed by atoms with van der Waals surface area (Å²) in [4.78, 5) is 4.86. The van der Waals surface area contributed by atoms with Gasteiger partial charge < -0.3 is 15.1 Å². The van der Waals surface area contributed by atoms with Gasteiger partial charge in [-0.2, -0.15) is 0 Å². The van der Waals surface area contributed by atoms with Gasteiger partial charge >= 0.3 is 0 Å². The van der Waals surface area contributed by atoms with Crippen molar-refractivity contribution >= 4 is 23.0 Å². The van der Waals surface area contributed by atoms with E-state index in [4.69, 9.17) is 12.2 Å². The van der Waals surface area contributed by atoms with Gasteiger partial charge in [-0.1, -0.05) is 19.1 Å². The number of rotatable bonds is 4. The maximum absolute atomic E-state index is 5.64. The quantitative estimate of drug-likeness (QED) is 0.832. The fourth-order valence-electron chi connectivity index (χ4n) is 3.20. The van der Waals surface area contributed by atoms with Crippen LogP contribution >= 0.6 is 12.2 Å². The molecule has 1 heterocycles. The number of likely N-dealkylation sites (tertiary alicyclic amines) is 1. The Labute approximate surface area is 147 Å². The first-order chi connectivity index (χ1) is 10.9. The largest absolute Gasteiger partial charge is 0.349 e. The van der Waals surface area contributed by atoms with Gasteiger partial charge in [0.1, 0.15) is 0 Å². The molecule has 0 aliphatic carbocycles. The Morgan fingerprint density at radius 3 is 2.61 bits per heavy atom. The number of hydrogen-bond donors (Lipinski definition) is 1. The minimum Gasteiger partial charge on any atom is -0.349 e. The topological polar surface area (TPSA) is 18.5 Å². The second-order valence-corrected chi connectivity index (χ2v) is 7.21. The molecule has 128 valence electrons. The lowest BCUT2D eigenvalue weighted by molar-refractivity contribution is 0.126. The van der Waals surface area contributed by atoms with Crippen LogP contribution in [0, 0.1) is 13.8 Å². The van der Waals surface area contributed by atoms with E-state index < -0.39 is 0 Å². The third-order valence-electron chi connectivity index (χ3n) is 5.46. The Hall–Kier alpha value is -1.13. The predicted molar refractivity (Wildman–Crippen MR) is 104 cm³/mol. The normalized spacial score (nSPS) is 17.4. The lowest BCUT2D eigenvalue weighted by Crippen LogP contribution is -2.48. The Morgan fingerprint density at radius 1 is 1.35 bits per heavy atom. The molecule has 0 unspecified atom stereocenters. The minimum absolute atomic E-state index is 0.659. The number of nitrogens with zero attached hydrogens (tertiary/aromatic N) is 2. The zero-order valence-corrected chi connectivity index (χ0v) is 16.0. The molecule has 2 rings (SSSR count). The summed E-state index contributed by atoms with van der Waals surface area (Å²) >= 11 is 5.64. The summed E-state index contributed by atoms with van der Waals surface area (Å²) in [6.07, 6.45) is 3.59. The van der Waals surface area contributed by atoms with Crippen LogP contribution in [0.15, 0.2) is 18.2 Å². The van der Waals surface area contributed by atoms with Gasteiger partial charge in [-0.15, -0.1) is 0 Å². The first-order valence-electron chi connectivity index (χ1n) is 8.78. The third kappa shape index (κ3) is 4.45. The van der Waals surface area contributed by atoms with Crippen molar-refractivity contribution in [3.8, 4) is 0 Å². The highest BCUT2D eigenvalue weighted by atomic mass is 32.1. The first kappa shape index (κ1) is 18.2. The summed E-state index contributed by atoms with van der Waals surface area (Å²) in [7, 11) is 2.27. The van der Waals surface area contributed by atoms with Crippen molar-refractivity contribution in [2.24, 2.45) is 0 Å². The Balaban J connectivity index is 1.90. The van der Waals surface area contributed by atoms with E-state index in [9.17, 15) is 0 Å². The van der Waals surface area contributed by atoms with Crippen molar-refractivity contribution in [1.29, 1.82) is 0 Å². The molecule has 0 bridgehead atoms. The maximum atomic E-state index is 5.64. The van der Waals surface area contributed by atoms with Crippen LogP contribution in [0.1, 0.15) is 44.2 Å². The van der Waals surface area contributed by atoms with Crippen LogP contribution in [0.2, 0.25) is 0 Å². The summed E-state index contributed by atoms with van der Waals surface area (Å²) in [6.45, 7) is 11.0. The zero-order chi connectivity index (χ0) is 17.0. The molecule has 1 N–H and O–H groups in total. The van der Waals surface area contributed by atoms with Crippen LogP contribution in [0.4, 0.5) is 5.69 Å². The standard InChI is InChI=1S/C19H31N3S/c1-6-15(3)21(5)17-10-12-22(13-11-17)19(23)20-18-9-7-8-14(2)16(18)4/h7-9,15,17H,6,10-13H2,1-5H3,(H,20,23)/t15-/m0/s1. The van der Waals surface area contributed by atoms with Crippen molar-refractivity contribution in [1.82, 2.24) is 9.80 Å². The molecule has 0 amide bonds. The SMILES string of the molecule is CC[C@H](C)N(C)C1CCN(C(=S)Nc2cccc(C)c2C)CC1. The number of anilines is 1. The molecule has 0 spiro atoms. The van der Waals surface area contributed by atoms with E-state index in [0.29, 0.717) is 12.1 Å². The summed E-state index contributed by atoms with van der Waals surface area (Å²) in [5, 5.41) is 4.31. The van der Waals surface area contributed by atoms with Gasteiger partial charge in [0.05, 0.1) is 0 Å². The molecule has 1 saturated heterocycles. The summed E-state index contributed by atoms with van der Waals surface area (Å²) in [5.74, 6) is 0. The highest BCUT2D eigenvalue weighted by Crippen LogP contribution is 2.21. The predicted octanol–water partition coefficient (Wildman–Crippen LogP) is 4.19. The fourth-order valence-corrected chi connectivity index (χ4v) is 3.50. The molecule has 3 nitrogen and oxygen atoms in total. The van der Waals surface area contributed by atoms with Crippen LogP contribution in [0.3, 0.4) is 0 Å². The van der Waals surface area contributed by atoms with Crippen molar-refractivity contribution in [3.05, 3.63) is 29.3 Å². The van der Waals surface area contributed by atoms with Gasteiger partial charge in [0.2, 0.25) is 0 Å². The number of thiocarbonyl (C=S) groups is 1. The molecule has 0 aromatic heterocycles. The molecule has 1 aromatic carbocycles. The summed E-state index contributed by atoms with van der Waals surface area (Å²) < 4.78 is 0. The minimum atomic E-state index is 0.659. The van der Waals surface area contributed by atoms with Crippen molar-refractivity contribution in [3.63, 3.8) is 0 Å². The van der Waals surface area contributed by atoms with Crippen LogP contribution in [-0.2, 0) is 0 Å². The molecule has 23 heavy (non-hydrogen) atoms. The lowest BCUT2D eigenvalue weighted by atomic mass is 10.0. The van der Waals surface area contributed by atoms with Gasteiger partial charge in [0, 0.05) is 30.9 Å². The average molecular weight is 334 g/mol. The van der Waals surface area contributed by atoms with Crippen LogP contribution in [0.25, 0.3) is 0 Å². The highest BCUT2D eigenvalue weighted by Gasteiger charge is 2.25. The van der Waals surface area contributed by atoms with E-state index >= 15 is 0 Å². The fraction of sp³-hybridized carbons (Fsp3) is 0.632. The molecule has 4 heteroatoms. The summed E-state index contributed by atoms with van der Waals surface area (Å²) in [6, 6.07) is 7.68. The van der Waals surface area contributed by atoms with E-state index in [1.807, 2.05) is 0 Å². The van der Waals surface area contributed by atoms with Gasteiger partial charge in [0.25, 0.3) is 0 Å². The molecular weight excluding hydrogens is 302 g/mol. The lowest BCUT2D eigenvalue weighted by Gasteiger charge is -2.40. The van der Waals surface area contributed by atoms with E-state index in [-0.39, 0.29) is 0 Å². The third-order valence-corrected chi connectivity index (χ3v) is 5.82. The van der Waals surface area contributed by atoms with Gasteiger partial charge in [-0.3, -0.25) is 0 Å².